The molecule has 0 saturated heterocycles. The lowest BCUT2D eigenvalue weighted by atomic mass is 10.00. The van der Waals surface area contributed by atoms with E-state index in [-0.39, 0.29) is 6.42 Å². The Morgan fingerprint density at radius 3 is 2.12 bits per heavy atom. The molecule has 5 heteroatoms. The zero-order valence-electron chi connectivity index (χ0n) is 16.2. The molecular weight excluding hydrogens is 336 g/mol. The van der Waals surface area contributed by atoms with E-state index < -0.39 is 15.1 Å². The van der Waals surface area contributed by atoms with Crippen LogP contribution in [0.2, 0.25) is 0 Å². The fraction of sp³-hybridized carbons (Fsp3) is 0.700. The molecule has 0 aliphatic carbocycles. The molecule has 0 fully saturated rings. The zero-order valence-corrected chi connectivity index (χ0v) is 17.0. The van der Waals surface area contributed by atoms with Crippen LogP contribution in [-0.4, -0.2) is 17.9 Å². The van der Waals surface area contributed by atoms with E-state index in [4.69, 9.17) is 4.74 Å². The summed E-state index contributed by atoms with van der Waals surface area (Å²) in [5, 5.41) is 0. The van der Waals surface area contributed by atoms with Gasteiger partial charge in [-0.2, -0.15) is 8.42 Å². The number of rotatable bonds is 12. The lowest BCUT2D eigenvalue weighted by molar-refractivity contribution is 0.153. The van der Waals surface area contributed by atoms with Crippen LogP contribution >= 0.6 is 0 Å². The topological polar surface area (TPSA) is 63.6 Å². The third-order valence-corrected chi connectivity index (χ3v) is 6.22. The van der Waals surface area contributed by atoms with Gasteiger partial charge in [0.15, 0.2) is 0 Å². The van der Waals surface area contributed by atoms with Gasteiger partial charge in [0, 0.05) is 6.42 Å². The first-order valence-corrected chi connectivity index (χ1v) is 11.0. The summed E-state index contributed by atoms with van der Waals surface area (Å²) in [6.07, 6.45) is 8.91. The van der Waals surface area contributed by atoms with Crippen molar-refractivity contribution >= 4 is 10.1 Å². The predicted molar refractivity (Wildman–Crippen MR) is 104 cm³/mol. The fourth-order valence-corrected chi connectivity index (χ4v) is 3.33. The molecule has 0 heterocycles. The van der Waals surface area contributed by atoms with Crippen molar-refractivity contribution in [2.45, 2.75) is 90.4 Å². The summed E-state index contributed by atoms with van der Waals surface area (Å²) >= 11 is 0. The summed E-state index contributed by atoms with van der Waals surface area (Å²) < 4.78 is 38.8. The minimum atomic E-state index is -4.30. The Bertz CT molecular complexity index is 625. The van der Waals surface area contributed by atoms with Gasteiger partial charge in [0.05, 0.1) is 0 Å². The van der Waals surface area contributed by atoms with Gasteiger partial charge in [0.1, 0.15) is 5.75 Å². The van der Waals surface area contributed by atoms with Crippen molar-refractivity contribution in [2.24, 2.45) is 0 Å². The van der Waals surface area contributed by atoms with Crippen LogP contribution in [0.5, 0.6) is 5.75 Å². The standard InChI is InChI=1S/C20H34O4S/c1-5-8-10-12-17-14-15-19(18(16-17)13-11-9-6-2)24-20(4,7-3)25(21,22)23/h14-16H,5-13H2,1-4H3,(H,21,22,23). The van der Waals surface area contributed by atoms with E-state index in [0.29, 0.717) is 5.75 Å². The first-order valence-electron chi connectivity index (χ1n) is 9.55. The summed E-state index contributed by atoms with van der Waals surface area (Å²) in [5.41, 5.74) is 2.29. The molecule has 1 N–H and O–H groups in total. The monoisotopic (exact) mass is 370 g/mol. The molecule has 144 valence electrons. The largest absolute Gasteiger partial charge is 0.469 e. The molecule has 0 amide bonds. The zero-order chi connectivity index (χ0) is 18.9. The van der Waals surface area contributed by atoms with Gasteiger partial charge in [0.2, 0.25) is 4.93 Å². The quantitative estimate of drug-likeness (QED) is 0.387. The van der Waals surface area contributed by atoms with Crippen LogP contribution in [0.15, 0.2) is 18.2 Å². The van der Waals surface area contributed by atoms with E-state index in [1.807, 2.05) is 12.1 Å². The Kier molecular flexibility index (Phi) is 8.94. The SMILES string of the molecule is CCCCCc1ccc(OC(C)(CC)S(=O)(=O)O)c(CCCCC)c1. The predicted octanol–water partition coefficient (Wildman–Crippen LogP) is 5.54. The van der Waals surface area contributed by atoms with E-state index in [0.717, 1.165) is 44.1 Å². The number of aryl methyl sites for hydroxylation is 2. The molecule has 1 atom stereocenters. The van der Waals surface area contributed by atoms with Gasteiger partial charge in [-0.15, -0.1) is 0 Å². The van der Waals surface area contributed by atoms with Crippen LogP contribution in [0.1, 0.15) is 83.8 Å². The summed E-state index contributed by atoms with van der Waals surface area (Å²) in [5.74, 6) is 0.567. The Morgan fingerprint density at radius 2 is 1.60 bits per heavy atom. The van der Waals surface area contributed by atoms with Gasteiger partial charge < -0.3 is 4.74 Å². The van der Waals surface area contributed by atoms with Crippen LogP contribution in [0.3, 0.4) is 0 Å². The van der Waals surface area contributed by atoms with Crippen molar-refractivity contribution in [2.75, 3.05) is 0 Å². The highest BCUT2D eigenvalue weighted by Gasteiger charge is 2.39. The third-order valence-electron chi connectivity index (χ3n) is 4.76. The summed E-state index contributed by atoms with van der Waals surface area (Å²) in [4.78, 5) is -1.61. The molecule has 0 radical (unpaired) electrons. The van der Waals surface area contributed by atoms with E-state index in [9.17, 15) is 13.0 Å². The van der Waals surface area contributed by atoms with Crippen molar-refractivity contribution in [3.05, 3.63) is 29.3 Å². The van der Waals surface area contributed by atoms with Crippen molar-refractivity contribution in [1.82, 2.24) is 0 Å². The van der Waals surface area contributed by atoms with Gasteiger partial charge in [0.25, 0.3) is 0 Å². The molecule has 0 aliphatic rings. The second kappa shape index (κ2) is 10.2. The highest BCUT2D eigenvalue weighted by atomic mass is 32.2. The van der Waals surface area contributed by atoms with Crippen molar-refractivity contribution < 1.29 is 17.7 Å². The molecule has 0 spiro atoms. The normalized spacial score (nSPS) is 14.3. The van der Waals surface area contributed by atoms with Crippen LogP contribution in [0.25, 0.3) is 0 Å². The van der Waals surface area contributed by atoms with Crippen LogP contribution in [0, 0.1) is 0 Å². The maximum absolute atomic E-state index is 11.7. The Balaban J connectivity index is 3.06. The summed E-state index contributed by atoms with van der Waals surface area (Å²) in [6.45, 7) is 7.47. The minimum Gasteiger partial charge on any atom is -0.469 e. The smallest absolute Gasteiger partial charge is 0.306 e. The molecule has 1 unspecified atom stereocenters. The number of hydrogen-bond acceptors (Lipinski definition) is 3. The Morgan fingerprint density at radius 1 is 1.00 bits per heavy atom. The van der Waals surface area contributed by atoms with Crippen molar-refractivity contribution in [1.29, 1.82) is 0 Å². The molecule has 25 heavy (non-hydrogen) atoms. The molecule has 0 bridgehead atoms. The van der Waals surface area contributed by atoms with Crippen LogP contribution in [0.4, 0.5) is 0 Å². The Labute approximate surface area is 153 Å². The first-order chi connectivity index (χ1) is 11.8. The number of ether oxygens (including phenoxy) is 1. The summed E-state index contributed by atoms with van der Waals surface area (Å²) in [7, 11) is -4.30. The second-order valence-electron chi connectivity index (χ2n) is 6.92. The van der Waals surface area contributed by atoms with Gasteiger partial charge in [-0.1, -0.05) is 58.6 Å². The third kappa shape index (κ3) is 6.63. The van der Waals surface area contributed by atoms with Gasteiger partial charge in [-0.05, 0) is 49.8 Å². The number of unbranched alkanes of at least 4 members (excludes halogenated alkanes) is 4. The maximum Gasteiger partial charge on any atom is 0.306 e. The number of hydrogen-bond donors (Lipinski definition) is 1. The molecule has 1 aromatic carbocycles. The summed E-state index contributed by atoms with van der Waals surface area (Å²) in [6, 6.07) is 6.01. The maximum atomic E-state index is 11.7. The fourth-order valence-electron chi connectivity index (χ4n) is 2.77. The molecule has 0 aliphatic heterocycles. The van der Waals surface area contributed by atoms with Crippen molar-refractivity contribution in [3.8, 4) is 5.75 Å². The first kappa shape index (κ1) is 22.0. The molecule has 4 nitrogen and oxygen atoms in total. The lowest BCUT2D eigenvalue weighted by Gasteiger charge is -2.27. The number of benzene rings is 1. The molecule has 1 aromatic rings. The molecular formula is C20H34O4S. The average Bonchev–Trinajstić information content (AvgIpc) is 2.56. The van der Waals surface area contributed by atoms with Gasteiger partial charge >= 0.3 is 10.1 Å². The van der Waals surface area contributed by atoms with Crippen LogP contribution in [-0.2, 0) is 23.0 Å². The Hall–Kier alpha value is -1.07. The van der Waals surface area contributed by atoms with Gasteiger partial charge in [-0.25, -0.2) is 0 Å². The van der Waals surface area contributed by atoms with E-state index in [1.165, 1.54) is 25.3 Å². The average molecular weight is 371 g/mol. The van der Waals surface area contributed by atoms with Crippen LogP contribution < -0.4 is 4.74 Å². The second-order valence-corrected chi connectivity index (χ2v) is 8.73. The highest BCUT2D eigenvalue weighted by molar-refractivity contribution is 7.87. The van der Waals surface area contributed by atoms with Gasteiger partial charge in [-0.3, -0.25) is 4.55 Å². The molecule has 0 aromatic heterocycles. The highest BCUT2D eigenvalue weighted by Crippen LogP contribution is 2.31. The van der Waals surface area contributed by atoms with Crippen molar-refractivity contribution in [3.63, 3.8) is 0 Å². The minimum absolute atomic E-state index is 0.179. The van der Waals surface area contributed by atoms with E-state index in [1.54, 1.807) is 6.92 Å². The molecule has 0 saturated carbocycles. The van der Waals surface area contributed by atoms with E-state index in [2.05, 4.69) is 19.9 Å². The molecule has 1 rings (SSSR count). The van der Waals surface area contributed by atoms with E-state index >= 15 is 0 Å². The lowest BCUT2D eigenvalue weighted by Crippen LogP contribution is -2.40.